The van der Waals surface area contributed by atoms with E-state index in [1.54, 1.807) is 29.2 Å². The number of aromatic hydroxyl groups is 1. The summed E-state index contributed by atoms with van der Waals surface area (Å²) in [6, 6.07) is 17.9. The highest BCUT2D eigenvalue weighted by atomic mass is 35.5. The molecule has 3 atom stereocenters. The van der Waals surface area contributed by atoms with Crippen LogP contribution in [0, 0.1) is 5.82 Å². The number of hydrogen-bond acceptors (Lipinski definition) is 4. The number of benzene rings is 3. The summed E-state index contributed by atoms with van der Waals surface area (Å²) in [6.45, 7) is 0. The Morgan fingerprint density at radius 1 is 1.05 bits per heavy atom. The number of β-lactam (4-membered cyclic amide) rings is 1. The van der Waals surface area contributed by atoms with E-state index in [1.807, 2.05) is 36.4 Å². The maximum Gasteiger partial charge on any atom is 0.243 e. The number of phenolic OH excluding ortho intramolecular Hbond substituents is 1. The van der Waals surface area contributed by atoms with Crippen LogP contribution in [0.25, 0.3) is 5.57 Å². The van der Waals surface area contributed by atoms with E-state index < -0.39 is 11.4 Å². The van der Waals surface area contributed by atoms with Crippen LogP contribution in [0.1, 0.15) is 35.3 Å². The molecule has 37 heavy (non-hydrogen) atoms. The van der Waals surface area contributed by atoms with Gasteiger partial charge in [-0.1, -0.05) is 72.3 Å². The maximum atomic E-state index is 13.4. The molecule has 0 spiro atoms. The molecule has 188 valence electrons. The zero-order valence-corrected chi connectivity index (χ0v) is 21.4. The molecule has 1 saturated heterocycles. The molecule has 4 nitrogen and oxygen atoms in total. The van der Waals surface area contributed by atoms with Gasteiger partial charge in [-0.2, -0.15) is 0 Å². The van der Waals surface area contributed by atoms with Crippen LogP contribution in [0.5, 0.6) is 5.75 Å². The van der Waals surface area contributed by atoms with Crippen molar-refractivity contribution < 1.29 is 19.4 Å². The zero-order chi connectivity index (χ0) is 25.9. The summed E-state index contributed by atoms with van der Waals surface area (Å²) in [6.07, 6.45) is 10.3. The molecule has 7 heteroatoms. The van der Waals surface area contributed by atoms with Crippen LogP contribution in [0.2, 0.25) is 5.02 Å². The third-order valence-electron chi connectivity index (χ3n) is 6.51. The Labute approximate surface area is 224 Å². The number of aliphatic hydroxyl groups excluding tert-OH is 1. The molecule has 0 radical (unpaired) electrons. The first-order valence-corrected chi connectivity index (χ1v) is 13.4. The first kappa shape index (κ1) is 25.3. The maximum absolute atomic E-state index is 13.4. The molecule has 1 amide bonds. The molecule has 1 fully saturated rings. The number of nitrogens with zero attached hydrogens (tertiary/aromatic N) is 1. The predicted octanol–water partition coefficient (Wildman–Crippen LogP) is 7.01. The largest absolute Gasteiger partial charge is 0.508 e. The summed E-state index contributed by atoms with van der Waals surface area (Å²) < 4.78 is 13.3. The van der Waals surface area contributed by atoms with Crippen LogP contribution in [0.4, 0.5) is 10.1 Å². The second kappa shape index (κ2) is 11.0. The Kier molecular flexibility index (Phi) is 7.51. The van der Waals surface area contributed by atoms with Crippen LogP contribution in [0.3, 0.4) is 0 Å². The van der Waals surface area contributed by atoms with Crippen molar-refractivity contribution in [3.8, 4) is 5.75 Å². The molecule has 3 aromatic rings. The minimum absolute atomic E-state index is 0.0467. The molecule has 1 aliphatic carbocycles. The number of halogens is 2. The smallest absolute Gasteiger partial charge is 0.243 e. The van der Waals surface area contributed by atoms with Gasteiger partial charge >= 0.3 is 0 Å². The molecule has 2 aliphatic rings. The van der Waals surface area contributed by atoms with Crippen molar-refractivity contribution in [1.29, 1.82) is 0 Å². The summed E-state index contributed by atoms with van der Waals surface area (Å²) in [7, 11) is 0. The lowest BCUT2D eigenvalue weighted by Crippen LogP contribution is -2.58. The minimum atomic E-state index is -0.849. The fourth-order valence-corrected chi connectivity index (χ4v) is 6.13. The van der Waals surface area contributed by atoms with Crippen molar-refractivity contribution >= 4 is 40.5 Å². The quantitative estimate of drug-likeness (QED) is 0.321. The third kappa shape index (κ3) is 5.37. The van der Waals surface area contributed by atoms with E-state index in [0.29, 0.717) is 10.6 Å². The molecule has 3 aromatic carbocycles. The minimum Gasteiger partial charge on any atom is -0.508 e. The first-order chi connectivity index (χ1) is 17.9. The van der Waals surface area contributed by atoms with Crippen molar-refractivity contribution in [3.63, 3.8) is 0 Å². The topological polar surface area (TPSA) is 60.8 Å². The lowest BCUT2D eigenvalue weighted by atomic mass is 9.91. The SMILES string of the molecule is O=C1[C@H](SC[C@H](O)c2ccc(F)cc2)[C@@H](c2ccc(O)cc2Cl)N1c1ccc(C2=CCC=CC=C2)cc1. The number of amides is 1. The van der Waals surface area contributed by atoms with Gasteiger partial charge in [-0.25, -0.2) is 4.39 Å². The number of phenols is 1. The monoisotopic (exact) mass is 533 g/mol. The molecule has 0 bridgehead atoms. The Balaban J connectivity index is 1.39. The number of anilines is 1. The summed E-state index contributed by atoms with van der Waals surface area (Å²) in [4.78, 5) is 15.1. The van der Waals surface area contributed by atoms with Crippen LogP contribution in [-0.2, 0) is 4.79 Å². The molecule has 0 unspecified atom stereocenters. The molecular weight excluding hydrogens is 509 g/mol. The standard InChI is InChI=1S/C30H25ClFNO3S/c31-26-17-24(34)15-16-25(26)28-29(37-18-27(35)21-7-11-22(32)12-8-21)30(36)33(28)23-13-9-20(10-14-23)19-5-3-1-2-4-6-19/h1-3,5-17,27-29,34-35H,4,18H2/t27-,28+,29+/m0/s1. The van der Waals surface area contributed by atoms with Gasteiger partial charge in [0.2, 0.25) is 5.91 Å². The van der Waals surface area contributed by atoms with Gasteiger partial charge in [0.1, 0.15) is 16.8 Å². The molecule has 0 aromatic heterocycles. The Bertz CT molecular complexity index is 1380. The van der Waals surface area contributed by atoms with E-state index in [1.165, 1.54) is 30.0 Å². The average Bonchev–Trinajstić information content (AvgIpc) is 3.18. The van der Waals surface area contributed by atoms with Crippen LogP contribution >= 0.6 is 23.4 Å². The second-order valence-electron chi connectivity index (χ2n) is 8.91. The normalized spacial score (nSPS) is 19.8. The third-order valence-corrected chi connectivity index (χ3v) is 8.17. The molecular formula is C30H25ClFNO3S. The van der Waals surface area contributed by atoms with Gasteiger partial charge in [0, 0.05) is 16.5 Å². The van der Waals surface area contributed by atoms with E-state index in [9.17, 15) is 19.4 Å². The van der Waals surface area contributed by atoms with Crippen molar-refractivity contribution in [2.75, 3.05) is 10.7 Å². The van der Waals surface area contributed by atoms with E-state index >= 15 is 0 Å². The first-order valence-electron chi connectivity index (χ1n) is 11.9. The number of carbonyl (C=O) groups is 1. The van der Waals surface area contributed by atoms with Crippen molar-refractivity contribution in [2.24, 2.45) is 0 Å². The Morgan fingerprint density at radius 3 is 2.54 bits per heavy atom. The van der Waals surface area contributed by atoms with Gasteiger partial charge in [0.25, 0.3) is 0 Å². The summed E-state index contributed by atoms with van der Waals surface area (Å²) in [5, 5.41) is 20.4. The van der Waals surface area contributed by atoms with Crippen LogP contribution in [0.15, 0.2) is 97.1 Å². The number of hydrogen-bond donors (Lipinski definition) is 2. The predicted molar refractivity (Wildman–Crippen MR) is 148 cm³/mol. The summed E-state index contributed by atoms with van der Waals surface area (Å²) in [5.41, 5.74) is 4.23. The van der Waals surface area contributed by atoms with E-state index in [4.69, 9.17) is 11.6 Å². The second-order valence-corrected chi connectivity index (χ2v) is 10.5. The van der Waals surface area contributed by atoms with Gasteiger partial charge in [0.05, 0.1) is 12.1 Å². The molecule has 0 saturated carbocycles. The lowest BCUT2D eigenvalue weighted by molar-refractivity contribution is -0.123. The fourth-order valence-electron chi connectivity index (χ4n) is 4.55. The Hall–Kier alpha value is -3.32. The summed E-state index contributed by atoms with van der Waals surface area (Å²) in [5.74, 6) is -0.152. The van der Waals surface area contributed by atoms with Gasteiger partial charge in [-0.15, -0.1) is 11.8 Å². The number of thioether (sulfide) groups is 1. The zero-order valence-electron chi connectivity index (χ0n) is 19.8. The number of rotatable bonds is 7. The average molecular weight is 534 g/mol. The van der Waals surface area contributed by atoms with E-state index in [0.717, 1.165) is 28.8 Å². The highest BCUT2D eigenvalue weighted by molar-refractivity contribution is 8.00. The highest BCUT2D eigenvalue weighted by Crippen LogP contribution is 2.48. The lowest BCUT2D eigenvalue weighted by Gasteiger charge is -2.47. The molecule has 2 N–H and O–H groups in total. The van der Waals surface area contributed by atoms with E-state index in [2.05, 4.69) is 18.2 Å². The van der Waals surface area contributed by atoms with Crippen molar-refractivity contribution in [2.45, 2.75) is 23.8 Å². The van der Waals surface area contributed by atoms with Crippen LogP contribution < -0.4 is 4.90 Å². The fraction of sp³-hybridized carbons (Fsp3) is 0.167. The number of aliphatic hydroxyl groups is 1. The van der Waals surface area contributed by atoms with Crippen LogP contribution in [-0.4, -0.2) is 27.1 Å². The van der Waals surface area contributed by atoms with Crippen molar-refractivity contribution in [3.05, 3.63) is 125 Å². The number of carbonyl (C=O) groups excluding carboxylic acids is 1. The molecule has 5 rings (SSSR count). The van der Waals surface area contributed by atoms with E-state index in [-0.39, 0.29) is 29.3 Å². The Morgan fingerprint density at radius 2 is 1.81 bits per heavy atom. The highest BCUT2D eigenvalue weighted by Gasteiger charge is 2.50. The number of allylic oxidation sites excluding steroid dienone is 6. The van der Waals surface area contributed by atoms with Gasteiger partial charge in [-0.3, -0.25) is 4.79 Å². The molecule has 1 aliphatic heterocycles. The van der Waals surface area contributed by atoms with Gasteiger partial charge in [0.15, 0.2) is 0 Å². The van der Waals surface area contributed by atoms with Gasteiger partial charge in [-0.05, 0) is 65.1 Å². The molecule has 1 heterocycles. The van der Waals surface area contributed by atoms with Gasteiger partial charge < -0.3 is 15.1 Å². The summed E-state index contributed by atoms with van der Waals surface area (Å²) >= 11 is 7.84. The van der Waals surface area contributed by atoms with Crippen molar-refractivity contribution in [1.82, 2.24) is 0 Å².